The number of anilines is 1. The molecule has 31 heavy (non-hydrogen) atoms. The van der Waals surface area contributed by atoms with E-state index >= 15 is 0 Å². The normalized spacial score (nSPS) is 14.0. The van der Waals surface area contributed by atoms with Crippen LogP contribution in [0, 0.1) is 5.82 Å². The van der Waals surface area contributed by atoms with Crippen LogP contribution in [0.25, 0.3) is 0 Å². The standard InChI is InChI=1S/C22H29FN4O3.HI/c1-24-22(25-15-19-20(29-3)13-18(28-2)14-21(19)30-4)27-11-9-26(10-12-27)17-7-5-16(23)6-8-17;/h5-8,13-14H,9-12,15H2,1-4H3,(H,24,25);1H. The molecule has 1 aliphatic heterocycles. The van der Waals surface area contributed by atoms with Crippen molar-refractivity contribution in [2.24, 2.45) is 4.99 Å². The Balaban J connectivity index is 0.00000341. The summed E-state index contributed by atoms with van der Waals surface area (Å²) in [6.07, 6.45) is 0. The fourth-order valence-corrected chi connectivity index (χ4v) is 3.58. The summed E-state index contributed by atoms with van der Waals surface area (Å²) in [5, 5.41) is 3.41. The van der Waals surface area contributed by atoms with Gasteiger partial charge in [0.15, 0.2) is 5.96 Å². The number of ether oxygens (including phenoxy) is 3. The zero-order valence-corrected chi connectivity index (χ0v) is 20.7. The van der Waals surface area contributed by atoms with E-state index < -0.39 is 0 Å². The van der Waals surface area contributed by atoms with Crippen LogP contribution >= 0.6 is 24.0 Å². The molecule has 0 radical (unpaired) electrons. The van der Waals surface area contributed by atoms with E-state index in [9.17, 15) is 4.39 Å². The van der Waals surface area contributed by atoms with Crippen LogP contribution in [0.2, 0.25) is 0 Å². The van der Waals surface area contributed by atoms with Gasteiger partial charge in [0.05, 0.1) is 33.4 Å². The minimum Gasteiger partial charge on any atom is -0.496 e. The summed E-state index contributed by atoms with van der Waals surface area (Å²) in [5.41, 5.74) is 1.93. The molecule has 3 rings (SSSR count). The van der Waals surface area contributed by atoms with Gasteiger partial charge in [-0.25, -0.2) is 4.39 Å². The Kier molecular flexibility index (Phi) is 9.47. The fourth-order valence-electron chi connectivity index (χ4n) is 3.58. The summed E-state index contributed by atoms with van der Waals surface area (Å²) >= 11 is 0. The number of aliphatic imine (C=N–C) groups is 1. The molecule has 9 heteroatoms. The number of rotatable bonds is 6. The van der Waals surface area contributed by atoms with Crippen LogP contribution in [-0.2, 0) is 6.54 Å². The van der Waals surface area contributed by atoms with Gasteiger partial charge in [0, 0.05) is 51.0 Å². The van der Waals surface area contributed by atoms with Crippen molar-refractivity contribution in [1.82, 2.24) is 10.2 Å². The Hall–Kier alpha value is -2.43. The van der Waals surface area contributed by atoms with Gasteiger partial charge in [-0.2, -0.15) is 0 Å². The molecular weight excluding hydrogens is 514 g/mol. The first-order valence-electron chi connectivity index (χ1n) is 9.84. The van der Waals surface area contributed by atoms with E-state index in [1.165, 1.54) is 12.1 Å². The first kappa shape index (κ1) is 24.8. The highest BCUT2D eigenvalue weighted by atomic mass is 127. The molecule has 170 valence electrons. The van der Waals surface area contributed by atoms with Crippen LogP contribution < -0.4 is 24.4 Å². The van der Waals surface area contributed by atoms with Gasteiger partial charge >= 0.3 is 0 Å². The van der Waals surface area contributed by atoms with E-state index in [0.29, 0.717) is 23.8 Å². The molecule has 0 amide bonds. The minimum atomic E-state index is -0.216. The number of methoxy groups -OCH3 is 3. The fraction of sp³-hybridized carbons (Fsp3) is 0.409. The Morgan fingerprint density at radius 2 is 1.55 bits per heavy atom. The summed E-state index contributed by atoms with van der Waals surface area (Å²) in [5.74, 6) is 2.65. The third-order valence-electron chi connectivity index (χ3n) is 5.22. The van der Waals surface area contributed by atoms with Gasteiger partial charge in [0.2, 0.25) is 0 Å². The Morgan fingerprint density at radius 3 is 2.03 bits per heavy atom. The van der Waals surface area contributed by atoms with Gasteiger partial charge in [0.25, 0.3) is 0 Å². The molecule has 1 aliphatic rings. The molecule has 2 aromatic rings. The van der Waals surface area contributed by atoms with Gasteiger partial charge in [-0.15, -0.1) is 24.0 Å². The lowest BCUT2D eigenvalue weighted by Gasteiger charge is -2.37. The van der Waals surface area contributed by atoms with Crippen molar-refractivity contribution in [3.8, 4) is 17.2 Å². The van der Waals surface area contributed by atoms with Gasteiger partial charge in [0.1, 0.15) is 23.1 Å². The molecule has 1 N–H and O–H groups in total. The molecule has 0 atom stereocenters. The largest absolute Gasteiger partial charge is 0.496 e. The lowest BCUT2D eigenvalue weighted by molar-refractivity contribution is 0.361. The van der Waals surface area contributed by atoms with Crippen molar-refractivity contribution in [2.75, 3.05) is 59.5 Å². The molecule has 0 saturated carbocycles. The summed E-state index contributed by atoms with van der Waals surface area (Å²) < 4.78 is 29.5. The maximum absolute atomic E-state index is 13.2. The zero-order valence-electron chi connectivity index (χ0n) is 18.4. The van der Waals surface area contributed by atoms with E-state index in [-0.39, 0.29) is 29.8 Å². The summed E-state index contributed by atoms with van der Waals surface area (Å²) in [4.78, 5) is 8.90. The quantitative estimate of drug-likeness (QED) is 0.342. The first-order chi connectivity index (χ1) is 14.6. The van der Waals surface area contributed by atoms with Crippen LogP contribution in [0.3, 0.4) is 0 Å². The zero-order chi connectivity index (χ0) is 21.5. The third kappa shape index (κ3) is 6.05. The molecular formula is C22H30FIN4O3. The smallest absolute Gasteiger partial charge is 0.194 e. The minimum absolute atomic E-state index is 0. The highest BCUT2D eigenvalue weighted by Crippen LogP contribution is 2.33. The molecule has 0 aromatic heterocycles. The van der Waals surface area contributed by atoms with Gasteiger partial charge in [-0.3, -0.25) is 4.99 Å². The lowest BCUT2D eigenvalue weighted by atomic mass is 10.1. The maximum Gasteiger partial charge on any atom is 0.194 e. The average Bonchev–Trinajstić information content (AvgIpc) is 2.80. The predicted octanol–water partition coefficient (Wildman–Crippen LogP) is 3.37. The Morgan fingerprint density at radius 1 is 0.968 bits per heavy atom. The number of nitrogens with one attached hydrogen (secondary N) is 1. The Bertz CT molecular complexity index is 847. The number of halogens is 2. The number of hydrogen-bond donors (Lipinski definition) is 1. The van der Waals surface area contributed by atoms with Crippen LogP contribution in [0.1, 0.15) is 5.56 Å². The molecule has 1 fully saturated rings. The van der Waals surface area contributed by atoms with Crippen LogP contribution in [0.4, 0.5) is 10.1 Å². The highest BCUT2D eigenvalue weighted by Gasteiger charge is 2.21. The van der Waals surface area contributed by atoms with Crippen LogP contribution in [-0.4, -0.2) is 65.4 Å². The van der Waals surface area contributed by atoms with Crippen molar-refractivity contribution in [3.05, 3.63) is 47.8 Å². The van der Waals surface area contributed by atoms with Crippen LogP contribution in [0.15, 0.2) is 41.4 Å². The molecule has 1 saturated heterocycles. The predicted molar refractivity (Wildman–Crippen MR) is 132 cm³/mol. The van der Waals surface area contributed by atoms with E-state index in [1.54, 1.807) is 28.4 Å². The number of hydrogen-bond acceptors (Lipinski definition) is 5. The summed E-state index contributed by atoms with van der Waals surface area (Å²) in [6, 6.07) is 10.3. The van der Waals surface area contributed by atoms with E-state index in [2.05, 4.69) is 20.1 Å². The molecule has 0 unspecified atom stereocenters. The van der Waals surface area contributed by atoms with Crippen molar-refractivity contribution < 1.29 is 18.6 Å². The number of piperazine rings is 1. The topological polar surface area (TPSA) is 58.6 Å². The van der Waals surface area contributed by atoms with Gasteiger partial charge < -0.3 is 29.3 Å². The summed E-state index contributed by atoms with van der Waals surface area (Å²) in [6.45, 7) is 3.80. The van der Waals surface area contributed by atoms with Crippen LogP contribution in [0.5, 0.6) is 17.2 Å². The monoisotopic (exact) mass is 544 g/mol. The lowest BCUT2D eigenvalue weighted by Crippen LogP contribution is -2.52. The van der Waals surface area contributed by atoms with Gasteiger partial charge in [-0.1, -0.05) is 0 Å². The SMILES string of the molecule is CN=C(NCc1c(OC)cc(OC)cc1OC)N1CCN(c2ccc(F)cc2)CC1.I. The second kappa shape index (κ2) is 11.8. The third-order valence-corrected chi connectivity index (χ3v) is 5.22. The van der Waals surface area contributed by atoms with E-state index in [4.69, 9.17) is 14.2 Å². The van der Waals surface area contributed by atoms with Crippen molar-refractivity contribution >= 4 is 35.6 Å². The molecule has 0 bridgehead atoms. The van der Waals surface area contributed by atoms with E-state index in [1.807, 2.05) is 24.3 Å². The molecule has 2 aromatic carbocycles. The summed E-state index contributed by atoms with van der Waals surface area (Å²) in [7, 11) is 6.64. The molecule has 0 aliphatic carbocycles. The Labute approximate surface area is 200 Å². The second-order valence-corrected chi connectivity index (χ2v) is 6.86. The average molecular weight is 544 g/mol. The van der Waals surface area contributed by atoms with Gasteiger partial charge in [-0.05, 0) is 24.3 Å². The number of benzene rings is 2. The number of nitrogens with zero attached hydrogens (tertiary/aromatic N) is 3. The highest BCUT2D eigenvalue weighted by molar-refractivity contribution is 14.0. The van der Waals surface area contributed by atoms with Crippen molar-refractivity contribution in [1.29, 1.82) is 0 Å². The maximum atomic E-state index is 13.2. The molecule has 1 heterocycles. The van der Waals surface area contributed by atoms with E-state index in [0.717, 1.165) is 43.4 Å². The number of guanidine groups is 1. The second-order valence-electron chi connectivity index (χ2n) is 6.86. The van der Waals surface area contributed by atoms with Crippen molar-refractivity contribution in [2.45, 2.75) is 6.54 Å². The molecule has 0 spiro atoms. The molecule has 7 nitrogen and oxygen atoms in total. The first-order valence-corrected chi connectivity index (χ1v) is 9.84. The van der Waals surface area contributed by atoms with Crippen molar-refractivity contribution in [3.63, 3.8) is 0 Å².